The second-order valence-corrected chi connectivity index (χ2v) is 7.80. The van der Waals surface area contributed by atoms with Gasteiger partial charge in [0.25, 0.3) is 0 Å². The van der Waals surface area contributed by atoms with E-state index in [0.29, 0.717) is 23.6 Å². The summed E-state index contributed by atoms with van der Waals surface area (Å²) < 4.78 is 20.9. The molecule has 0 spiro atoms. The van der Waals surface area contributed by atoms with Crippen molar-refractivity contribution in [2.45, 2.75) is 44.1 Å². The number of carbonyl (C=O) groups is 1. The Labute approximate surface area is 191 Å². The van der Waals surface area contributed by atoms with E-state index in [1.54, 1.807) is 18.2 Å². The SMILES string of the molecule is CCOc1ccc(Cc2cc([C@@H]3OC(OCC(=O)OC)[C@@H](O)[C@H](O)[C@H]3O)ccc2Cl)cc1. The normalized spacial score (nSPS) is 25.4. The molecule has 0 saturated carbocycles. The molecule has 0 bridgehead atoms. The summed E-state index contributed by atoms with van der Waals surface area (Å²) in [5.74, 6) is 0.113. The molecule has 2 aromatic carbocycles. The van der Waals surface area contributed by atoms with E-state index in [1.807, 2.05) is 31.2 Å². The molecule has 9 heteroatoms. The van der Waals surface area contributed by atoms with Crippen molar-refractivity contribution < 1.29 is 39.1 Å². The second-order valence-electron chi connectivity index (χ2n) is 7.39. The molecule has 1 unspecified atom stereocenters. The number of rotatable bonds is 8. The summed E-state index contributed by atoms with van der Waals surface area (Å²) in [6, 6.07) is 12.8. The predicted octanol–water partition coefficient (Wildman–Crippen LogP) is 2.00. The van der Waals surface area contributed by atoms with Gasteiger partial charge < -0.3 is 34.3 Å². The Morgan fingerprint density at radius 1 is 1.06 bits per heavy atom. The first kappa shape index (κ1) is 24.4. The molecule has 2 aromatic rings. The van der Waals surface area contributed by atoms with E-state index in [1.165, 1.54) is 7.11 Å². The fourth-order valence-electron chi connectivity index (χ4n) is 3.47. The van der Waals surface area contributed by atoms with Crippen molar-refractivity contribution in [1.29, 1.82) is 0 Å². The molecule has 32 heavy (non-hydrogen) atoms. The fraction of sp³-hybridized carbons (Fsp3) is 0.435. The molecule has 174 valence electrons. The van der Waals surface area contributed by atoms with Crippen LogP contribution in [0.2, 0.25) is 5.02 Å². The first-order chi connectivity index (χ1) is 15.3. The van der Waals surface area contributed by atoms with Gasteiger partial charge in [0, 0.05) is 5.02 Å². The number of carbonyl (C=O) groups excluding carboxylic acids is 1. The Kier molecular flexibility index (Phi) is 8.47. The number of aliphatic hydroxyl groups excluding tert-OH is 3. The van der Waals surface area contributed by atoms with E-state index in [4.69, 9.17) is 25.8 Å². The molecule has 1 aliphatic rings. The van der Waals surface area contributed by atoms with E-state index in [9.17, 15) is 20.1 Å². The molecule has 1 heterocycles. The zero-order chi connectivity index (χ0) is 23.3. The van der Waals surface area contributed by atoms with Crippen LogP contribution in [0.5, 0.6) is 5.75 Å². The van der Waals surface area contributed by atoms with Gasteiger partial charge in [-0.1, -0.05) is 35.9 Å². The van der Waals surface area contributed by atoms with Crippen LogP contribution in [0.1, 0.15) is 29.7 Å². The zero-order valence-electron chi connectivity index (χ0n) is 17.8. The average molecular weight is 467 g/mol. The molecule has 3 rings (SSSR count). The lowest BCUT2D eigenvalue weighted by Crippen LogP contribution is -2.55. The summed E-state index contributed by atoms with van der Waals surface area (Å²) in [4.78, 5) is 11.4. The summed E-state index contributed by atoms with van der Waals surface area (Å²) >= 11 is 6.39. The van der Waals surface area contributed by atoms with Crippen LogP contribution < -0.4 is 4.74 Å². The molecule has 3 N–H and O–H groups in total. The minimum absolute atomic E-state index is 0.475. The van der Waals surface area contributed by atoms with Crippen molar-refractivity contribution in [2.75, 3.05) is 20.3 Å². The largest absolute Gasteiger partial charge is 0.494 e. The lowest BCUT2D eigenvalue weighted by Gasteiger charge is -2.40. The van der Waals surface area contributed by atoms with Crippen LogP contribution in [0.25, 0.3) is 0 Å². The van der Waals surface area contributed by atoms with Crippen molar-refractivity contribution in [2.24, 2.45) is 0 Å². The molecular formula is C23H27ClO8. The number of ether oxygens (including phenoxy) is 4. The van der Waals surface area contributed by atoms with Crippen molar-refractivity contribution in [3.8, 4) is 5.75 Å². The minimum Gasteiger partial charge on any atom is -0.494 e. The zero-order valence-corrected chi connectivity index (χ0v) is 18.6. The van der Waals surface area contributed by atoms with E-state index in [-0.39, 0.29) is 0 Å². The molecule has 0 radical (unpaired) electrons. The maximum atomic E-state index is 11.4. The van der Waals surface area contributed by atoms with Gasteiger partial charge >= 0.3 is 5.97 Å². The van der Waals surface area contributed by atoms with E-state index in [0.717, 1.165) is 16.9 Å². The van der Waals surface area contributed by atoms with Gasteiger partial charge in [-0.25, -0.2) is 4.79 Å². The number of aliphatic hydroxyl groups is 3. The summed E-state index contributed by atoms with van der Waals surface area (Å²) in [6.45, 7) is 2.03. The topological polar surface area (TPSA) is 115 Å². The summed E-state index contributed by atoms with van der Waals surface area (Å²) in [7, 11) is 1.20. The first-order valence-corrected chi connectivity index (χ1v) is 10.6. The predicted molar refractivity (Wildman–Crippen MR) is 115 cm³/mol. The molecule has 0 aromatic heterocycles. The van der Waals surface area contributed by atoms with E-state index < -0.39 is 43.3 Å². The Morgan fingerprint density at radius 2 is 1.78 bits per heavy atom. The smallest absolute Gasteiger partial charge is 0.331 e. The van der Waals surface area contributed by atoms with Crippen molar-refractivity contribution in [3.63, 3.8) is 0 Å². The maximum absolute atomic E-state index is 11.4. The Bertz CT molecular complexity index is 903. The van der Waals surface area contributed by atoms with Gasteiger partial charge in [0.1, 0.15) is 36.8 Å². The van der Waals surface area contributed by atoms with Gasteiger partial charge in [0.2, 0.25) is 0 Å². The van der Waals surface area contributed by atoms with Crippen molar-refractivity contribution >= 4 is 17.6 Å². The third-order valence-electron chi connectivity index (χ3n) is 5.19. The van der Waals surface area contributed by atoms with Crippen molar-refractivity contribution in [3.05, 3.63) is 64.2 Å². The van der Waals surface area contributed by atoms with Crippen LogP contribution in [0, 0.1) is 0 Å². The minimum atomic E-state index is -1.54. The van der Waals surface area contributed by atoms with Gasteiger partial charge in [-0.05, 0) is 48.2 Å². The van der Waals surface area contributed by atoms with Crippen LogP contribution in [0.3, 0.4) is 0 Å². The Morgan fingerprint density at radius 3 is 2.44 bits per heavy atom. The highest BCUT2D eigenvalue weighted by Gasteiger charge is 2.45. The van der Waals surface area contributed by atoms with Gasteiger partial charge in [0.15, 0.2) is 6.29 Å². The highest BCUT2D eigenvalue weighted by Crippen LogP contribution is 2.35. The van der Waals surface area contributed by atoms with Gasteiger partial charge in [-0.3, -0.25) is 0 Å². The highest BCUT2D eigenvalue weighted by atomic mass is 35.5. The molecule has 8 nitrogen and oxygen atoms in total. The second kappa shape index (κ2) is 11.1. The van der Waals surface area contributed by atoms with Gasteiger partial charge in [-0.15, -0.1) is 0 Å². The lowest BCUT2D eigenvalue weighted by atomic mass is 9.92. The van der Waals surface area contributed by atoms with E-state index in [2.05, 4.69) is 4.74 Å². The average Bonchev–Trinajstić information content (AvgIpc) is 2.80. The quantitative estimate of drug-likeness (QED) is 0.506. The summed E-state index contributed by atoms with van der Waals surface area (Å²) in [6.07, 6.45) is -6.31. The number of halogens is 1. The van der Waals surface area contributed by atoms with Crippen LogP contribution in [0.4, 0.5) is 0 Å². The molecule has 1 fully saturated rings. The van der Waals surface area contributed by atoms with Crippen LogP contribution >= 0.6 is 11.6 Å². The third kappa shape index (κ3) is 5.78. The molecule has 0 amide bonds. The molecule has 0 aliphatic carbocycles. The number of benzene rings is 2. The van der Waals surface area contributed by atoms with Crippen LogP contribution in [0.15, 0.2) is 42.5 Å². The summed E-state index contributed by atoms with van der Waals surface area (Å²) in [5.41, 5.74) is 2.34. The Hall–Kier alpha value is -2.20. The molecule has 1 saturated heterocycles. The number of esters is 1. The van der Waals surface area contributed by atoms with Crippen molar-refractivity contribution in [1.82, 2.24) is 0 Å². The fourth-order valence-corrected chi connectivity index (χ4v) is 3.65. The Balaban J connectivity index is 1.79. The number of methoxy groups -OCH3 is 1. The summed E-state index contributed by atoms with van der Waals surface area (Å²) in [5, 5.41) is 31.5. The first-order valence-electron chi connectivity index (χ1n) is 10.2. The highest BCUT2D eigenvalue weighted by molar-refractivity contribution is 6.31. The van der Waals surface area contributed by atoms with E-state index >= 15 is 0 Å². The maximum Gasteiger partial charge on any atom is 0.331 e. The number of hydrogen-bond acceptors (Lipinski definition) is 8. The van der Waals surface area contributed by atoms with Crippen LogP contribution in [-0.4, -0.2) is 66.2 Å². The third-order valence-corrected chi connectivity index (χ3v) is 5.56. The molecular weight excluding hydrogens is 440 g/mol. The van der Waals surface area contributed by atoms with Gasteiger partial charge in [-0.2, -0.15) is 0 Å². The number of hydrogen-bond donors (Lipinski definition) is 3. The van der Waals surface area contributed by atoms with Gasteiger partial charge in [0.05, 0.1) is 13.7 Å². The lowest BCUT2D eigenvalue weighted by molar-refractivity contribution is -0.298. The molecule has 1 aliphatic heterocycles. The molecule has 5 atom stereocenters. The van der Waals surface area contributed by atoms with Crippen LogP contribution in [-0.2, 0) is 25.4 Å². The standard InChI is InChI=1S/C23H27ClO8/c1-3-30-16-7-4-13(5-8-16)10-15-11-14(6-9-17(15)24)22-20(27)19(26)21(28)23(32-22)31-12-18(25)29-2/h4-9,11,19-23,26-28H,3,10,12H2,1-2H3/t19-,20-,21+,22+,23?/m1/s1. The monoisotopic (exact) mass is 466 g/mol.